The highest BCUT2D eigenvalue weighted by atomic mass is 15.0. The van der Waals surface area contributed by atoms with Gasteiger partial charge in [-0.1, -0.05) is 37.3 Å². The van der Waals surface area contributed by atoms with Crippen molar-refractivity contribution in [2.24, 2.45) is 4.99 Å². The fraction of sp³-hybridized carbons (Fsp3) is 0.462. The molecule has 1 heterocycles. The van der Waals surface area contributed by atoms with Crippen LogP contribution in [-0.2, 0) is 0 Å². The van der Waals surface area contributed by atoms with Gasteiger partial charge >= 0.3 is 0 Å². The van der Waals surface area contributed by atoms with Crippen molar-refractivity contribution >= 4 is 5.84 Å². The quantitative estimate of drug-likeness (QED) is 0.800. The van der Waals surface area contributed by atoms with Gasteiger partial charge in [-0.15, -0.1) is 0 Å². The Morgan fingerprint density at radius 2 is 2.13 bits per heavy atom. The van der Waals surface area contributed by atoms with E-state index in [4.69, 9.17) is 0 Å². The molecule has 2 nitrogen and oxygen atoms in total. The molecule has 1 aromatic rings. The fourth-order valence-corrected chi connectivity index (χ4v) is 1.85. The lowest BCUT2D eigenvalue weighted by Gasteiger charge is -2.13. The van der Waals surface area contributed by atoms with Crippen LogP contribution in [0.25, 0.3) is 0 Å². The Morgan fingerprint density at radius 3 is 2.80 bits per heavy atom. The molecule has 0 fully saturated rings. The van der Waals surface area contributed by atoms with Crippen molar-refractivity contribution in [3.63, 3.8) is 0 Å². The third-order valence-corrected chi connectivity index (χ3v) is 2.86. The number of rotatable bonds is 3. The van der Waals surface area contributed by atoms with Gasteiger partial charge in [0.15, 0.2) is 0 Å². The highest BCUT2D eigenvalue weighted by molar-refractivity contribution is 5.83. The van der Waals surface area contributed by atoms with Crippen LogP contribution in [0, 0.1) is 0 Å². The van der Waals surface area contributed by atoms with E-state index in [0.29, 0.717) is 5.92 Å². The molecule has 2 rings (SSSR count). The van der Waals surface area contributed by atoms with E-state index in [0.717, 1.165) is 19.5 Å². The van der Waals surface area contributed by atoms with Gasteiger partial charge in [0.25, 0.3) is 0 Å². The van der Waals surface area contributed by atoms with Crippen molar-refractivity contribution in [2.75, 3.05) is 13.1 Å². The van der Waals surface area contributed by atoms with Crippen LogP contribution in [-0.4, -0.2) is 18.9 Å². The second-order valence-electron chi connectivity index (χ2n) is 4.12. The Balaban J connectivity index is 1.84. The maximum absolute atomic E-state index is 4.41. The van der Waals surface area contributed by atoms with Crippen molar-refractivity contribution in [1.29, 1.82) is 0 Å². The monoisotopic (exact) mass is 202 g/mol. The highest BCUT2D eigenvalue weighted by Gasteiger charge is 2.08. The van der Waals surface area contributed by atoms with Gasteiger partial charge in [0.2, 0.25) is 0 Å². The average molecular weight is 202 g/mol. The van der Waals surface area contributed by atoms with E-state index in [1.54, 1.807) is 0 Å². The van der Waals surface area contributed by atoms with E-state index in [1.807, 2.05) is 0 Å². The smallest absolute Gasteiger partial charge is 0.0963 e. The lowest BCUT2D eigenvalue weighted by molar-refractivity contribution is 0.715. The molecule has 1 N–H and O–H groups in total. The first-order valence-electron chi connectivity index (χ1n) is 5.68. The zero-order chi connectivity index (χ0) is 10.5. The predicted molar refractivity (Wildman–Crippen MR) is 64.4 cm³/mol. The van der Waals surface area contributed by atoms with Crippen molar-refractivity contribution < 1.29 is 0 Å². The first kappa shape index (κ1) is 10.2. The van der Waals surface area contributed by atoms with Crippen molar-refractivity contribution in [3.05, 3.63) is 35.9 Å². The van der Waals surface area contributed by atoms with Gasteiger partial charge < -0.3 is 5.32 Å². The summed E-state index contributed by atoms with van der Waals surface area (Å²) in [6.45, 7) is 4.24. The van der Waals surface area contributed by atoms with E-state index in [1.165, 1.54) is 17.8 Å². The molecule has 15 heavy (non-hydrogen) atoms. The number of hydrogen-bond donors (Lipinski definition) is 1. The minimum absolute atomic E-state index is 0.550. The molecule has 0 bridgehead atoms. The molecule has 1 aromatic carbocycles. The Hall–Kier alpha value is -1.31. The van der Waals surface area contributed by atoms with E-state index in [-0.39, 0.29) is 0 Å². The molecule has 2 heteroatoms. The summed E-state index contributed by atoms with van der Waals surface area (Å²) in [5.41, 5.74) is 1.39. The number of benzene rings is 1. The van der Waals surface area contributed by atoms with Gasteiger partial charge in [-0.3, -0.25) is 4.99 Å². The highest BCUT2D eigenvalue weighted by Crippen LogP contribution is 2.13. The topological polar surface area (TPSA) is 24.4 Å². The summed E-state index contributed by atoms with van der Waals surface area (Å²) in [5, 5.41) is 3.43. The first-order valence-corrected chi connectivity index (χ1v) is 5.68. The predicted octanol–water partition coefficient (Wildman–Crippen LogP) is 2.57. The molecule has 0 saturated carbocycles. The molecule has 1 aliphatic heterocycles. The van der Waals surface area contributed by atoms with Crippen LogP contribution in [0.5, 0.6) is 0 Å². The van der Waals surface area contributed by atoms with Gasteiger partial charge in [0.05, 0.1) is 5.84 Å². The van der Waals surface area contributed by atoms with Gasteiger partial charge in [0.1, 0.15) is 0 Å². The molecule has 0 aromatic heterocycles. The summed E-state index contributed by atoms with van der Waals surface area (Å²) in [5.74, 6) is 1.74. The number of aliphatic imine (C=N–C) groups is 1. The number of nitrogens with zero attached hydrogens (tertiary/aromatic N) is 1. The fourth-order valence-electron chi connectivity index (χ4n) is 1.85. The van der Waals surface area contributed by atoms with Crippen molar-refractivity contribution in [1.82, 2.24) is 5.32 Å². The second-order valence-corrected chi connectivity index (χ2v) is 4.12. The Morgan fingerprint density at radius 1 is 1.33 bits per heavy atom. The molecule has 0 amide bonds. The van der Waals surface area contributed by atoms with Crippen LogP contribution in [0.4, 0.5) is 0 Å². The SMILES string of the molecule is CC(CNC1=NCCC1)c1ccccc1. The van der Waals surface area contributed by atoms with Crippen LogP contribution in [0.3, 0.4) is 0 Å². The molecule has 0 spiro atoms. The molecule has 1 atom stereocenters. The molecule has 1 aliphatic rings. The van der Waals surface area contributed by atoms with E-state index < -0.39 is 0 Å². The zero-order valence-electron chi connectivity index (χ0n) is 9.24. The van der Waals surface area contributed by atoms with E-state index in [9.17, 15) is 0 Å². The normalized spacial score (nSPS) is 17.3. The Bertz CT molecular complexity index is 330. The van der Waals surface area contributed by atoms with Crippen molar-refractivity contribution in [3.8, 4) is 0 Å². The Labute approximate surface area is 91.4 Å². The lowest BCUT2D eigenvalue weighted by Crippen LogP contribution is -2.25. The summed E-state index contributed by atoms with van der Waals surface area (Å²) < 4.78 is 0. The van der Waals surface area contributed by atoms with Gasteiger partial charge in [-0.05, 0) is 17.9 Å². The van der Waals surface area contributed by atoms with E-state index in [2.05, 4.69) is 47.6 Å². The summed E-state index contributed by atoms with van der Waals surface area (Å²) in [6.07, 6.45) is 2.34. The second kappa shape index (κ2) is 4.96. The summed E-state index contributed by atoms with van der Waals surface area (Å²) in [4.78, 5) is 4.41. The third-order valence-electron chi connectivity index (χ3n) is 2.86. The molecular formula is C13H18N2. The number of amidine groups is 1. The standard InChI is InChI=1S/C13H18N2/c1-11(12-6-3-2-4-7-12)10-15-13-8-5-9-14-13/h2-4,6-7,11H,5,8-10H2,1H3,(H,14,15). The van der Waals surface area contributed by atoms with Crippen LogP contribution >= 0.6 is 0 Å². The number of nitrogens with one attached hydrogen (secondary N) is 1. The lowest BCUT2D eigenvalue weighted by atomic mass is 10.0. The van der Waals surface area contributed by atoms with Crippen LogP contribution in [0.1, 0.15) is 31.2 Å². The van der Waals surface area contributed by atoms with Gasteiger partial charge in [-0.2, -0.15) is 0 Å². The number of hydrogen-bond acceptors (Lipinski definition) is 2. The molecule has 0 saturated heterocycles. The van der Waals surface area contributed by atoms with Crippen LogP contribution < -0.4 is 5.32 Å². The average Bonchev–Trinajstić information content (AvgIpc) is 2.80. The van der Waals surface area contributed by atoms with Crippen molar-refractivity contribution in [2.45, 2.75) is 25.7 Å². The zero-order valence-corrected chi connectivity index (χ0v) is 9.24. The van der Waals surface area contributed by atoms with Gasteiger partial charge in [-0.25, -0.2) is 0 Å². The largest absolute Gasteiger partial charge is 0.373 e. The van der Waals surface area contributed by atoms with E-state index >= 15 is 0 Å². The Kier molecular flexibility index (Phi) is 3.38. The first-order chi connectivity index (χ1) is 7.36. The summed E-state index contributed by atoms with van der Waals surface area (Å²) >= 11 is 0. The maximum atomic E-state index is 4.41. The minimum Gasteiger partial charge on any atom is -0.373 e. The van der Waals surface area contributed by atoms with Gasteiger partial charge in [0, 0.05) is 19.5 Å². The molecule has 1 unspecified atom stereocenters. The molecule has 0 radical (unpaired) electrons. The van der Waals surface area contributed by atoms with Crippen LogP contribution in [0.15, 0.2) is 35.3 Å². The molecule has 0 aliphatic carbocycles. The molecule has 80 valence electrons. The summed E-state index contributed by atoms with van der Waals surface area (Å²) in [6, 6.07) is 10.6. The summed E-state index contributed by atoms with van der Waals surface area (Å²) in [7, 11) is 0. The maximum Gasteiger partial charge on any atom is 0.0963 e. The minimum atomic E-state index is 0.550. The molecular weight excluding hydrogens is 184 g/mol. The third kappa shape index (κ3) is 2.82. The van der Waals surface area contributed by atoms with Crippen LogP contribution in [0.2, 0.25) is 0 Å².